The van der Waals surface area contributed by atoms with E-state index in [1.807, 2.05) is 31.2 Å². The molecule has 0 heterocycles. The highest BCUT2D eigenvalue weighted by atomic mass is 19.4. The molecule has 90 valence electrons. The molecule has 16 heavy (non-hydrogen) atoms. The summed E-state index contributed by atoms with van der Waals surface area (Å²) in [4.78, 5) is 0. The monoisotopic (exact) mass is 231 g/mol. The molecule has 1 atom stereocenters. The van der Waals surface area contributed by atoms with Crippen LogP contribution in [0.5, 0.6) is 0 Å². The zero-order chi connectivity index (χ0) is 12.2. The van der Waals surface area contributed by atoms with Crippen LogP contribution in [0.3, 0.4) is 0 Å². The molecule has 1 aromatic rings. The number of rotatable bonds is 4. The summed E-state index contributed by atoms with van der Waals surface area (Å²) in [6.45, 7) is 1.94. The summed E-state index contributed by atoms with van der Waals surface area (Å²) in [5.41, 5.74) is 7.80. The molecule has 0 spiro atoms. The first kappa shape index (κ1) is 13.0. The van der Waals surface area contributed by atoms with Gasteiger partial charge in [0.25, 0.3) is 0 Å². The van der Waals surface area contributed by atoms with E-state index in [4.69, 9.17) is 5.73 Å². The third-order valence-corrected chi connectivity index (χ3v) is 2.45. The summed E-state index contributed by atoms with van der Waals surface area (Å²) >= 11 is 0. The van der Waals surface area contributed by atoms with Crippen molar-refractivity contribution in [1.82, 2.24) is 0 Å². The molecule has 4 heteroatoms. The Balaban J connectivity index is 2.44. The fourth-order valence-electron chi connectivity index (χ4n) is 1.59. The van der Waals surface area contributed by atoms with Crippen LogP contribution in [-0.4, -0.2) is 6.18 Å². The molecular formula is C12H16F3N. The molecule has 0 bridgehead atoms. The van der Waals surface area contributed by atoms with Gasteiger partial charge in [-0.15, -0.1) is 0 Å². The van der Waals surface area contributed by atoms with Crippen LogP contribution in [-0.2, 0) is 0 Å². The van der Waals surface area contributed by atoms with Gasteiger partial charge in [-0.2, -0.15) is 13.2 Å². The highest BCUT2D eigenvalue weighted by Crippen LogP contribution is 2.25. The van der Waals surface area contributed by atoms with E-state index < -0.39 is 12.6 Å². The minimum absolute atomic E-state index is 0.0820. The maximum atomic E-state index is 11.9. The molecule has 0 fully saturated rings. The Morgan fingerprint density at radius 2 is 2.00 bits per heavy atom. The summed E-state index contributed by atoms with van der Waals surface area (Å²) in [7, 11) is 0. The fourth-order valence-corrected chi connectivity index (χ4v) is 1.59. The Morgan fingerprint density at radius 1 is 1.31 bits per heavy atom. The van der Waals surface area contributed by atoms with Gasteiger partial charge in [-0.05, 0) is 25.3 Å². The highest BCUT2D eigenvalue weighted by Gasteiger charge is 2.26. The first-order chi connectivity index (χ1) is 7.38. The van der Waals surface area contributed by atoms with Gasteiger partial charge in [-0.25, -0.2) is 0 Å². The van der Waals surface area contributed by atoms with Gasteiger partial charge in [-0.3, -0.25) is 0 Å². The molecule has 1 nitrogen and oxygen atoms in total. The maximum absolute atomic E-state index is 11.9. The lowest BCUT2D eigenvalue weighted by Crippen LogP contribution is -2.13. The number of alkyl halides is 3. The van der Waals surface area contributed by atoms with Crippen molar-refractivity contribution in [3.05, 3.63) is 35.4 Å². The summed E-state index contributed by atoms with van der Waals surface area (Å²) in [6.07, 6.45) is -4.39. The molecule has 1 rings (SSSR count). The summed E-state index contributed by atoms with van der Waals surface area (Å²) < 4.78 is 35.8. The number of hydrogen-bond acceptors (Lipinski definition) is 1. The van der Waals surface area contributed by atoms with Crippen molar-refractivity contribution in [3.63, 3.8) is 0 Å². The molecule has 0 aliphatic rings. The van der Waals surface area contributed by atoms with Crippen molar-refractivity contribution >= 4 is 0 Å². The van der Waals surface area contributed by atoms with Crippen LogP contribution in [0.15, 0.2) is 24.3 Å². The summed E-state index contributed by atoms with van der Waals surface area (Å²) in [5, 5.41) is 0. The van der Waals surface area contributed by atoms with Crippen molar-refractivity contribution in [2.45, 2.75) is 38.4 Å². The molecule has 0 saturated heterocycles. The van der Waals surface area contributed by atoms with Crippen molar-refractivity contribution in [2.24, 2.45) is 5.73 Å². The Morgan fingerprint density at radius 3 is 2.56 bits per heavy atom. The van der Waals surface area contributed by atoms with Crippen molar-refractivity contribution < 1.29 is 13.2 Å². The second-order valence-electron chi connectivity index (χ2n) is 4.03. The second kappa shape index (κ2) is 5.34. The first-order valence-electron chi connectivity index (χ1n) is 5.27. The van der Waals surface area contributed by atoms with Gasteiger partial charge in [0.1, 0.15) is 0 Å². The lowest BCUT2D eigenvalue weighted by atomic mass is 10.0. The van der Waals surface area contributed by atoms with E-state index in [1.54, 1.807) is 0 Å². The largest absolute Gasteiger partial charge is 0.389 e. The van der Waals surface area contributed by atoms with Crippen LogP contribution < -0.4 is 5.73 Å². The van der Waals surface area contributed by atoms with Gasteiger partial charge in [0.2, 0.25) is 0 Å². The van der Waals surface area contributed by atoms with Crippen LogP contribution in [0.2, 0.25) is 0 Å². The van der Waals surface area contributed by atoms with Gasteiger partial charge < -0.3 is 5.73 Å². The van der Waals surface area contributed by atoms with E-state index in [0.717, 1.165) is 11.1 Å². The number of aryl methyl sites for hydroxylation is 1. The van der Waals surface area contributed by atoms with Gasteiger partial charge in [-0.1, -0.05) is 29.8 Å². The zero-order valence-corrected chi connectivity index (χ0v) is 9.22. The van der Waals surface area contributed by atoms with E-state index in [1.165, 1.54) is 0 Å². The molecule has 1 unspecified atom stereocenters. The normalized spacial score (nSPS) is 13.8. The van der Waals surface area contributed by atoms with Crippen molar-refractivity contribution in [3.8, 4) is 0 Å². The molecule has 0 amide bonds. The van der Waals surface area contributed by atoms with E-state index in [2.05, 4.69) is 0 Å². The Hall–Kier alpha value is -1.03. The van der Waals surface area contributed by atoms with Crippen LogP contribution in [0.1, 0.15) is 36.4 Å². The van der Waals surface area contributed by atoms with Gasteiger partial charge >= 0.3 is 6.18 Å². The van der Waals surface area contributed by atoms with E-state index in [0.29, 0.717) is 6.42 Å². The van der Waals surface area contributed by atoms with Gasteiger partial charge in [0.05, 0.1) is 0 Å². The second-order valence-corrected chi connectivity index (χ2v) is 4.03. The molecule has 0 aliphatic heterocycles. The SMILES string of the molecule is Cc1cccc(C(N)CCCC(F)(F)F)c1. The van der Waals surface area contributed by atoms with Gasteiger partial charge in [0.15, 0.2) is 0 Å². The molecule has 0 aromatic heterocycles. The number of benzene rings is 1. The van der Waals surface area contributed by atoms with E-state index in [-0.39, 0.29) is 12.5 Å². The predicted octanol–water partition coefficient (Wildman–Crippen LogP) is 3.73. The Labute approximate surface area is 93.5 Å². The fraction of sp³-hybridized carbons (Fsp3) is 0.500. The maximum Gasteiger partial charge on any atom is 0.389 e. The molecule has 2 N–H and O–H groups in total. The van der Waals surface area contributed by atoms with E-state index in [9.17, 15) is 13.2 Å². The molecule has 0 aliphatic carbocycles. The minimum atomic E-state index is -4.08. The number of halogens is 3. The Kier molecular flexibility index (Phi) is 4.35. The molecular weight excluding hydrogens is 215 g/mol. The molecule has 0 saturated carbocycles. The highest BCUT2D eigenvalue weighted by molar-refractivity contribution is 5.24. The van der Waals surface area contributed by atoms with Crippen LogP contribution in [0.4, 0.5) is 13.2 Å². The lowest BCUT2D eigenvalue weighted by molar-refractivity contribution is -0.135. The van der Waals surface area contributed by atoms with Crippen LogP contribution in [0.25, 0.3) is 0 Å². The first-order valence-corrected chi connectivity index (χ1v) is 5.27. The molecule has 1 aromatic carbocycles. The average Bonchev–Trinajstić information content (AvgIpc) is 2.15. The smallest absolute Gasteiger partial charge is 0.324 e. The summed E-state index contributed by atoms with van der Waals surface area (Å²) in [6, 6.07) is 7.27. The summed E-state index contributed by atoms with van der Waals surface area (Å²) in [5.74, 6) is 0. The molecule has 0 radical (unpaired) electrons. The average molecular weight is 231 g/mol. The van der Waals surface area contributed by atoms with Crippen molar-refractivity contribution in [1.29, 1.82) is 0 Å². The van der Waals surface area contributed by atoms with Crippen LogP contribution >= 0.6 is 0 Å². The predicted molar refractivity (Wildman–Crippen MR) is 58.0 cm³/mol. The Bertz CT molecular complexity index is 333. The standard InChI is InChI=1S/C12H16F3N/c1-9-4-2-5-10(8-9)11(16)6-3-7-12(13,14)15/h2,4-5,8,11H,3,6-7,16H2,1H3. The van der Waals surface area contributed by atoms with Crippen molar-refractivity contribution in [2.75, 3.05) is 0 Å². The lowest BCUT2D eigenvalue weighted by Gasteiger charge is -2.13. The van der Waals surface area contributed by atoms with Crippen LogP contribution in [0, 0.1) is 6.92 Å². The number of nitrogens with two attached hydrogens (primary N) is 1. The third-order valence-electron chi connectivity index (χ3n) is 2.45. The topological polar surface area (TPSA) is 26.0 Å². The zero-order valence-electron chi connectivity index (χ0n) is 9.22. The van der Waals surface area contributed by atoms with E-state index >= 15 is 0 Å². The quantitative estimate of drug-likeness (QED) is 0.839. The third kappa shape index (κ3) is 4.66. The number of hydrogen-bond donors (Lipinski definition) is 1. The minimum Gasteiger partial charge on any atom is -0.324 e. The van der Waals surface area contributed by atoms with Gasteiger partial charge in [0, 0.05) is 12.5 Å².